The zero-order valence-corrected chi connectivity index (χ0v) is 16.5. The molecule has 0 spiro atoms. The van der Waals surface area contributed by atoms with E-state index in [9.17, 15) is 4.79 Å². The van der Waals surface area contributed by atoms with E-state index in [2.05, 4.69) is 41.2 Å². The van der Waals surface area contributed by atoms with Crippen LogP contribution in [-0.2, 0) is 6.54 Å². The second kappa shape index (κ2) is 8.22. The van der Waals surface area contributed by atoms with Crippen LogP contribution < -0.4 is 19.7 Å². The molecule has 0 atom stereocenters. The van der Waals surface area contributed by atoms with Crippen molar-refractivity contribution in [2.24, 2.45) is 0 Å². The molecular formula is C23H23N3O3. The zero-order valence-electron chi connectivity index (χ0n) is 16.5. The summed E-state index contributed by atoms with van der Waals surface area (Å²) in [5, 5.41) is 2.88. The van der Waals surface area contributed by atoms with Gasteiger partial charge in [0.05, 0.1) is 0 Å². The average molecular weight is 389 g/mol. The van der Waals surface area contributed by atoms with E-state index in [0.717, 1.165) is 12.2 Å². The summed E-state index contributed by atoms with van der Waals surface area (Å²) >= 11 is 0. The molecule has 0 saturated carbocycles. The monoisotopic (exact) mass is 389 g/mol. The van der Waals surface area contributed by atoms with E-state index in [4.69, 9.17) is 9.47 Å². The highest BCUT2D eigenvalue weighted by Gasteiger charge is 2.17. The summed E-state index contributed by atoms with van der Waals surface area (Å²) in [4.78, 5) is 19.3. The summed E-state index contributed by atoms with van der Waals surface area (Å²) in [6.07, 6.45) is 1.67. The first-order valence-electron chi connectivity index (χ1n) is 9.58. The van der Waals surface area contributed by atoms with Gasteiger partial charge in [-0.25, -0.2) is 0 Å². The number of rotatable bonds is 6. The predicted molar refractivity (Wildman–Crippen MR) is 113 cm³/mol. The first kappa shape index (κ1) is 18.8. The molecule has 1 amide bonds. The Morgan fingerprint density at radius 2 is 1.86 bits per heavy atom. The minimum absolute atomic E-state index is 0.197. The molecule has 2 heterocycles. The van der Waals surface area contributed by atoms with Crippen LogP contribution in [0.5, 0.6) is 11.5 Å². The van der Waals surface area contributed by atoms with E-state index < -0.39 is 0 Å². The number of nitrogens with one attached hydrogen (secondary N) is 1. The number of carbonyl (C=O) groups is 1. The smallest absolute Gasteiger partial charge is 0.274 e. The van der Waals surface area contributed by atoms with E-state index in [1.165, 1.54) is 5.56 Å². The lowest BCUT2D eigenvalue weighted by Crippen LogP contribution is -2.30. The molecule has 2 aromatic carbocycles. The lowest BCUT2D eigenvalue weighted by Gasteiger charge is -2.29. The Bertz CT molecular complexity index is 1010. The average Bonchev–Trinajstić information content (AvgIpc) is 3.20. The summed E-state index contributed by atoms with van der Waals surface area (Å²) in [6, 6.07) is 19.6. The fourth-order valence-electron chi connectivity index (χ4n) is 3.24. The number of ether oxygens (including phenoxy) is 2. The van der Waals surface area contributed by atoms with Gasteiger partial charge in [0.25, 0.3) is 5.91 Å². The van der Waals surface area contributed by atoms with E-state index >= 15 is 0 Å². The number of amides is 1. The highest BCUT2D eigenvalue weighted by Crippen LogP contribution is 2.34. The summed E-state index contributed by atoms with van der Waals surface area (Å²) < 4.78 is 10.7. The number of aromatic nitrogens is 1. The number of pyridine rings is 1. The van der Waals surface area contributed by atoms with E-state index in [1.807, 2.05) is 30.3 Å². The maximum atomic E-state index is 12.8. The molecule has 148 valence electrons. The van der Waals surface area contributed by atoms with Gasteiger partial charge in [0.1, 0.15) is 5.69 Å². The SMILES string of the molecule is CC(C)N(Cc1ccccc1)c1ccnc(C(=O)Nc2ccc3c(c2)OCO3)c1. The number of benzene rings is 2. The lowest BCUT2D eigenvalue weighted by atomic mass is 10.1. The lowest BCUT2D eigenvalue weighted by molar-refractivity contribution is 0.102. The second-order valence-corrected chi connectivity index (χ2v) is 7.13. The molecule has 0 aliphatic carbocycles. The molecule has 1 aliphatic heterocycles. The summed E-state index contributed by atoms with van der Waals surface area (Å²) in [6.45, 7) is 5.22. The number of nitrogens with zero attached hydrogens (tertiary/aromatic N) is 2. The second-order valence-electron chi connectivity index (χ2n) is 7.13. The normalized spacial score (nSPS) is 12.1. The largest absolute Gasteiger partial charge is 0.454 e. The fraction of sp³-hybridized carbons (Fsp3) is 0.217. The number of carbonyl (C=O) groups excluding carboxylic acids is 1. The molecule has 0 unspecified atom stereocenters. The van der Waals surface area contributed by atoms with Crippen LogP contribution >= 0.6 is 0 Å². The van der Waals surface area contributed by atoms with Crippen molar-refractivity contribution in [1.82, 2.24) is 4.98 Å². The fourth-order valence-corrected chi connectivity index (χ4v) is 3.24. The van der Waals surface area contributed by atoms with Gasteiger partial charge in [0.15, 0.2) is 11.5 Å². The highest BCUT2D eigenvalue weighted by molar-refractivity contribution is 6.03. The molecule has 4 rings (SSSR count). The molecule has 29 heavy (non-hydrogen) atoms. The molecule has 0 saturated heterocycles. The molecule has 6 heteroatoms. The minimum atomic E-state index is -0.269. The van der Waals surface area contributed by atoms with Gasteiger partial charge in [0, 0.05) is 36.2 Å². The molecule has 0 radical (unpaired) electrons. The van der Waals surface area contributed by atoms with Crippen LogP contribution in [0.1, 0.15) is 29.9 Å². The van der Waals surface area contributed by atoms with Crippen molar-refractivity contribution in [3.8, 4) is 11.5 Å². The third-order valence-corrected chi connectivity index (χ3v) is 4.76. The number of hydrogen-bond donors (Lipinski definition) is 1. The van der Waals surface area contributed by atoms with E-state index in [1.54, 1.807) is 24.4 Å². The Labute approximate surface area is 170 Å². The minimum Gasteiger partial charge on any atom is -0.454 e. The number of hydrogen-bond acceptors (Lipinski definition) is 5. The van der Waals surface area contributed by atoms with Gasteiger partial charge in [-0.15, -0.1) is 0 Å². The third kappa shape index (κ3) is 4.32. The van der Waals surface area contributed by atoms with Crippen LogP contribution in [0.4, 0.5) is 11.4 Å². The first-order chi connectivity index (χ1) is 14.1. The summed E-state index contributed by atoms with van der Waals surface area (Å²) in [7, 11) is 0. The van der Waals surface area contributed by atoms with Crippen molar-refractivity contribution in [2.45, 2.75) is 26.4 Å². The number of anilines is 2. The maximum Gasteiger partial charge on any atom is 0.274 e. The van der Waals surface area contributed by atoms with Crippen molar-refractivity contribution < 1.29 is 14.3 Å². The molecule has 1 aromatic heterocycles. The van der Waals surface area contributed by atoms with Crippen molar-refractivity contribution in [3.05, 3.63) is 78.1 Å². The quantitative estimate of drug-likeness (QED) is 0.674. The van der Waals surface area contributed by atoms with Gasteiger partial charge in [-0.1, -0.05) is 30.3 Å². The molecule has 6 nitrogen and oxygen atoms in total. The van der Waals surface area contributed by atoms with Gasteiger partial charge < -0.3 is 19.7 Å². The van der Waals surface area contributed by atoms with Crippen LogP contribution in [0.2, 0.25) is 0 Å². The Balaban J connectivity index is 1.53. The van der Waals surface area contributed by atoms with Crippen LogP contribution in [0.3, 0.4) is 0 Å². The Morgan fingerprint density at radius 1 is 1.07 bits per heavy atom. The van der Waals surface area contributed by atoms with Crippen LogP contribution in [0, 0.1) is 0 Å². The number of fused-ring (bicyclic) bond motifs is 1. The topological polar surface area (TPSA) is 63.7 Å². The van der Waals surface area contributed by atoms with Gasteiger partial charge in [-0.05, 0) is 43.7 Å². The summed E-state index contributed by atoms with van der Waals surface area (Å²) in [5.74, 6) is 1.03. The van der Waals surface area contributed by atoms with Gasteiger partial charge in [-0.2, -0.15) is 0 Å². The molecule has 1 N–H and O–H groups in total. The van der Waals surface area contributed by atoms with Gasteiger partial charge in [0.2, 0.25) is 6.79 Å². The standard InChI is InChI=1S/C23H23N3O3/c1-16(2)26(14-17-6-4-3-5-7-17)19-10-11-24-20(13-19)23(27)25-18-8-9-21-22(12-18)29-15-28-21/h3-13,16H,14-15H2,1-2H3,(H,25,27). The Morgan fingerprint density at radius 3 is 2.66 bits per heavy atom. The van der Waals surface area contributed by atoms with Crippen LogP contribution in [0.15, 0.2) is 66.9 Å². The Kier molecular flexibility index (Phi) is 5.33. The van der Waals surface area contributed by atoms with Crippen LogP contribution in [-0.4, -0.2) is 23.7 Å². The molecular weight excluding hydrogens is 366 g/mol. The van der Waals surface area contributed by atoms with Crippen molar-refractivity contribution in [3.63, 3.8) is 0 Å². The predicted octanol–water partition coefficient (Wildman–Crippen LogP) is 4.48. The third-order valence-electron chi connectivity index (χ3n) is 4.76. The van der Waals surface area contributed by atoms with Crippen molar-refractivity contribution in [2.75, 3.05) is 17.0 Å². The summed E-state index contributed by atoms with van der Waals surface area (Å²) in [5.41, 5.74) is 3.16. The van der Waals surface area contributed by atoms with Gasteiger partial charge in [-0.3, -0.25) is 9.78 Å². The zero-order chi connectivity index (χ0) is 20.2. The molecule has 3 aromatic rings. The van der Waals surface area contributed by atoms with E-state index in [0.29, 0.717) is 22.9 Å². The molecule has 0 fully saturated rings. The van der Waals surface area contributed by atoms with E-state index in [-0.39, 0.29) is 18.7 Å². The Hall–Kier alpha value is -3.54. The highest BCUT2D eigenvalue weighted by atomic mass is 16.7. The molecule has 1 aliphatic rings. The van der Waals surface area contributed by atoms with Crippen LogP contribution in [0.25, 0.3) is 0 Å². The maximum absolute atomic E-state index is 12.8. The van der Waals surface area contributed by atoms with Crippen molar-refractivity contribution in [1.29, 1.82) is 0 Å². The first-order valence-corrected chi connectivity index (χ1v) is 9.58. The van der Waals surface area contributed by atoms with Crippen molar-refractivity contribution >= 4 is 17.3 Å². The van der Waals surface area contributed by atoms with Gasteiger partial charge >= 0.3 is 0 Å². The molecule has 0 bridgehead atoms.